The lowest BCUT2D eigenvalue weighted by Gasteiger charge is -2.29. The Morgan fingerprint density at radius 1 is 0.932 bits per heavy atom. The minimum Gasteiger partial charge on any atom is -0.438 e. The number of nitrogens with two attached hydrogens (primary N) is 1. The van der Waals surface area contributed by atoms with Gasteiger partial charge in [0.05, 0.1) is 17.4 Å². The molecule has 4 amide bonds. The summed E-state index contributed by atoms with van der Waals surface area (Å²) < 4.78 is 94.4. The van der Waals surface area contributed by atoms with Gasteiger partial charge in [0.1, 0.15) is 12.1 Å². The number of likely N-dealkylation sites (tertiary alicyclic amines) is 1. The lowest BCUT2D eigenvalue weighted by atomic mass is 9.98. The van der Waals surface area contributed by atoms with Gasteiger partial charge in [-0.3, -0.25) is 42.4 Å². The van der Waals surface area contributed by atoms with Crippen molar-refractivity contribution in [2.75, 3.05) is 20.1 Å². The van der Waals surface area contributed by atoms with Gasteiger partial charge in [0.15, 0.2) is 0 Å². The van der Waals surface area contributed by atoms with Gasteiger partial charge in [0, 0.05) is 30.5 Å². The molecule has 15 nitrogen and oxygen atoms in total. The molecular formula is C39H57F4N4O11P. The summed E-state index contributed by atoms with van der Waals surface area (Å²) in [5.41, 5.74) is -1.77. The largest absolute Gasteiger partial charge is 0.438 e. The molecule has 3 unspecified atom stereocenters. The van der Waals surface area contributed by atoms with Crippen LogP contribution in [0.25, 0.3) is 5.57 Å². The van der Waals surface area contributed by atoms with Crippen LogP contribution in [-0.2, 0) is 57.5 Å². The summed E-state index contributed by atoms with van der Waals surface area (Å²) in [6.07, 6.45) is 1.26. The van der Waals surface area contributed by atoms with Crippen molar-refractivity contribution >= 4 is 48.7 Å². The molecule has 332 valence electrons. The van der Waals surface area contributed by atoms with Gasteiger partial charge in [-0.15, -0.1) is 0 Å². The van der Waals surface area contributed by atoms with E-state index in [1.54, 1.807) is 6.92 Å². The number of esters is 2. The van der Waals surface area contributed by atoms with Gasteiger partial charge >= 0.3 is 25.2 Å². The van der Waals surface area contributed by atoms with Gasteiger partial charge in [0.25, 0.3) is 5.92 Å². The number of carbonyl (C=O) groups excluding carboxylic acids is 6. The molecule has 1 aliphatic rings. The maximum absolute atomic E-state index is 16.0. The van der Waals surface area contributed by atoms with E-state index in [-0.39, 0.29) is 30.4 Å². The van der Waals surface area contributed by atoms with E-state index in [0.29, 0.717) is 12.8 Å². The zero-order chi connectivity index (χ0) is 45.1. The molecule has 0 aromatic heterocycles. The summed E-state index contributed by atoms with van der Waals surface area (Å²) in [6.45, 7) is 10.4. The van der Waals surface area contributed by atoms with E-state index in [9.17, 15) is 42.1 Å². The molecular weight excluding hydrogens is 807 g/mol. The monoisotopic (exact) mass is 864 g/mol. The molecule has 1 saturated heterocycles. The van der Waals surface area contributed by atoms with Crippen LogP contribution in [0.3, 0.4) is 0 Å². The molecule has 1 heterocycles. The second-order valence-corrected chi connectivity index (χ2v) is 18.5. The van der Waals surface area contributed by atoms with Crippen molar-refractivity contribution < 1.29 is 69.4 Å². The van der Waals surface area contributed by atoms with Crippen molar-refractivity contribution in [2.24, 2.45) is 16.6 Å². The highest BCUT2D eigenvalue weighted by Gasteiger charge is 2.56. The van der Waals surface area contributed by atoms with Crippen molar-refractivity contribution in [1.82, 2.24) is 15.5 Å². The second-order valence-electron chi connectivity index (χ2n) is 16.5. The third-order valence-corrected chi connectivity index (χ3v) is 10.8. The Balaban J connectivity index is 2.30. The number of hydrogen-bond donors (Lipinski definition) is 3. The molecule has 0 spiro atoms. The molecule has 1 aliphatic heterocycles. The number of carbonyl (C=O) groups is 6. The number of alkyl halides is 4. The van der Waals surface area contributed by atoms with Gasteiger partial charge in [0.2, 0.25) is 37.2 Å². The Morgan fingerprint density at radius 3 is 1.93 bits per heavy atom. The van der Waals surface area contributed by atoms with Crippen molar-refractivity contribution in [2.45, 2.75) is 131 Å². The lowest BCUT2D eigenvalue weighted by Crippen LogP contribution is -2.54. The fourth-order valence-electron chi connectivity index (χ4n) is 5.43. The first kappa shape index (κ1) is 50.8. The zero-order valence-corrected chi connectivity index (χ0v) is 35.9. The fourth-order valence-corrected chi connectivity index (χ4v) is 6.68. The van der Waals surface area contributed by atoms with Gasteiger partial charge in [-0.25, -0.2) is 8.78 Å². The Labute approximate surface area is 342 Å². The van der Waals surface area contributed by atoms with Crippen LogP contribution in [0, 0.1) is 10.8 Å². The molecule has 1 aromatic rings. The molecule has 0 saturated carbocycles. The first-order chi connectivity index (χ1) is 27.0. The normalized spacial score (nSPS) is 17.1. The molecule has 1 fully saturated rings. The van der Waals surface area contributed by atoms with E-state index < -0.39 is 116 Å². The number of nitrogens with zero attached hydrogens (tertiary/aromatic N) is 1. The summed E-state index contributed by atoms with van der Waals surface area (Å²) in [6, 6.07) is 0.652. The number of rotatable bonds is 20. The molecule has 2 rings (SSSR count). The van der Waals surface area contributed by atoms with Crippen molar-refractivity contribution in [3.05, 3.63) is 41.5 Å². The molecule has 4 N–H and O–H groups in total. The number of amides is 4. The van der Waals surface area contributed by atoms with E-state index in [4.69, 9.17) is 24.3 Å². The van der Waals surface area contributed by atoms with Crippen LogP contribution in [-0.4, -0.2) is 84.6 Å². The SMILES string of the molecule is CCCCC(NC(=O)C=C(C)c1ccc(C(F)(F)P(=O)(OCOC(=O)C(C)(C)C)OCOC(=O)C(C)(C)C)cc1)C(=O)N1CC(F)(F)CC1C(=O)NC(C)CCC(N)=O. The van der Waals surface area contributed by atoms with Gasteiger partial charge in [-0.1, -0.05) is 44.0 Å². The summed E-state index contributed by atoms with van der Waals surface area (Å²) >= 11 is 0. The Kier molecular flexibility index (Phi) is 17.9. The average molecular weight is 865 g/mol. The smallest absolute Gasteiger partial charge is 0.410 e. The highest BCUT2D eigenvalue weighted by Crippen LogP contribution is 2.67. The predicted molar refractivity (Wildman–Crippen MR) is 207 cm³/mol. The number of ether oxygens (including phenoxy) is 2. The number of halogens is 4. The van der Waals surface area contributed by atoms with Crippen molar-refractivity contribution in [1.29, 1.82) is 0 Å². The van der Waals surface area contributed by atoms with Crippen LogP contribution >= 0.6 is 7.60 Å². The Hall–Kier alpha value is -4.35. The first-order valence-electron chi connectivity index (χ1n) is 19.0. The topological polar surface area (TPSA) is 210 Å². The van der Waals surface area contributed by atoms with Gasteiger partial charge in [-0.05, 0) is 79.4 Å². The van der Waals surface area contributed by atoms with Crippen molar-refractivity contribution in [3.63, 3.8) is 0 Å². The quantitative estimate of drug-likeness (QED) is 0.0446. The molecule has 0 aliphatic carbocycles. The lowest BCUT2D eigenvalue weighted by molar-refractivity contribution is -0.163. The maximum Gasteiger partial charge on any atom is 0.410 e. The number of nitrogens with one attached hydrogen (secondary N) is 2. The van der Waals surface area contributed by atoms with Crippen molar-refractivity contribution in [3.8, 4) is 0 Å². The third kappa shape index (κ3) is 15.0. The minimum absolute atomic E-state index is 0.0537. The van der Waals surface area contributed by atoms with Crippen LogP contribution in [0.1, 0.15) is 112 Å². The number of benzene rings is 1. The van der Waals surface area contributed by atoms with E-state index in [2.05, 4.69) is 10.6 Å². The maximum atomic E-state index is 16.0. The third-order valence-electron chi connectivity index (χ3n) is 8.96. The number of hydrogen-bond acceptors (Lipinski definition) is 11. The average Bonchev–Trinajstić information content (AvgIpc) is 3.46. The van der Waals surface area contributed by atoms with Crippen LogP contribution in [0.5, 0.6) is 0 Å². The van der Waals surface area contributed by atoms with Crippen LogP contribution < -0.4 is 16.4 Å². The number of unbranched alkanes of at least 4 members (excludes halogenated alkanes) is 1. The van der Waals surface area contributed by atoms with E-state index in [1.807, 2.05) is 6.92 Å². The summed E-state index contributed by atoms with van der Waals surface area (Å²) in [5.74, 6) is -8.27. The highest BCUT2D eigenvalue weighted by molar-refractivity contribution is 7.54. The van der Waals surface area contributed by atoms with E-state index >= 15 is 8.78 Å². The summed E-state index contributed by atoms with van der Waals surface area (Å²) in [4.78, 5) is 76.2. The summed E-state index contributed by atoms with van der Waals surface area (Å²) in [7, 11) is -5.59. The van der Waals surface area contributed by atoms with Crippen LogP contribution in [0.4, 0.5) is 17.6 Å². The van der Waals surface area contributed by atoms with Gasteiger partial charge < -0.3 is 30.7 Å². The van der Waals surface area contributed by atoms with Crippen LogP contribution in [0.15, 0.2) is 30.3 Å². The molecule has 59 heavy (non-hydrogen) atoms. The molecule has 20 heteroatoms. The predicted octanol–water partition coefficient (Wildman–Crippen LogP) is 6.14. The number of primary amides is 1. The minimum atomic E-state index is -5.59. The number of allylic oxidation sites excluding steroid dienone is 1. The molecule has 0 radical (unpaired) electrons. The second kappa shape index (κ2) is 20.8. The molecule has 1 aromatic carbocycles. The van der Waals surface area contributed by atoms with Gasteiger partial charge in [-0.2, -0.15) is 8.78 Å². The zero-order valence-electron chi connectivity index (χ0n) is 35.0. The summed E-state index contributed by atoms with van der Waals surface area (Å²) in [5, 5.41) is 5.06. The standard InChI is InChI=1S/C39H57F4N4O11P/c1-10-11-12-28(33(51)47-21-38(40,41)20-29(47)32(50)45-25(3)13-18-30(44)48)46-31(49)19-24(2)26-14-16-27(17-15-26)39(42,43)59(54,57-22-55-34(52)36(4,5)6)58-23-56-35(53)37(7,8)9/h14-17,19,25,28-29H,10-13,18,20-23H2,1-9H3,(H2,44,48)(H,45,50)(H,46,49). The Bertz CT molecular complexity index is 1730. The van der Waals surface area contributed by atoms with E-state index in [0.717, 1.165) is 23.1 Å². The fraction of sp³-hybridized carbons (Fsp3) is 0.641. The molecule has 0 bridgehead atoms. The Morgan fingerprint density at radius 2 is 1.46 bits per heavy atom. The molecule has 3 atom stereocenters. The van der Waals surface area contributed by atoms with E-state index in [1.165, 1.54) is 60.6 Å². The van der Waals surface area contributed by atoms with Crippen LogP contribution in [0.2, 0.25) is 0 Å². The highest BCUT2D eigenvalue weighted by atomic mass is 31.2. The first-order valence-corrected chi connectivity index (χ1v) is 20.6.